The molecule has 2 aromatic rings. The maximum absolute atomic E-state index is 13.7. The second kappa shape index (κ2) is 17.0. The van der Waals surface area contributed by atoms with Crippen LogP contribution in [0.15, 0.2) is 36.4 Å². The first kappa shape index (κ1) is 35.6. The molecule has 0 aromatic heterocycles. The number of hydrogen-bond acceptors (Lipinski definition) is 10. The normalized spacial score (nSPS) is 16.8. The van der Waals surface area contributed by atoms with E-state index in [2.05, 4.69) is 21.3 Å². The van der Waals surface area contributed by atoms with Crippen LogP contribution in [0.3, 0.4) is 0 Å². The summed E-state index contributed by atoms with van der Waals surface area (Å²) in [5.74, 6) is -1.86. The van der Waals surface area contributed by atoms with Crippen LogP contribution in [0.4, 0.5) is 4.79 Å². The van der Waals surface area contributed by atoms with E-state index in [0.717, 1.165) is 4.90 Å². The molecule has 2 aromatic carbocycles. The van der Waals surface area contributed by atoms with Crippen molar-refractivity contribution in [1.29, 1.82) is 5.26 Å². The molecule has 1 aliphatic heterocycles. The number of carbonyl (C=O) groups is 5. The second-order valence-electron chi connectivity index (χ2n) is 10.3. The number of rotatable bonds is 11. The van der Waals surface area contributed by atoms with Gasteiger partial charge in [0.2, 0.25) is 23.6 Å². The lowest BCUT2D eigenvalue weighted by Crippen LogP contribution is -2.52. The average molecular weight is 657 g/mol. The molecule has 3 atom stereocenters. The summed E-state index contributed by atoms with van der Waals surface area (Å²) in [6.07, 6.45) is 0.0316. The minimum absolute atomic E-state index is 0.0316. The van der Waals surface area contributed by atoms with Crippen LogP contribution in [-0.2, 0) is 25.6 Å². The fourth-order valence-electron chi connectivity index (χ4n) is 4.85. The molecule has 0 fully saturated rings. The van der Waals surface area contributed by atoms with Crippen LogP contribution < -0.4 is 42.2 Å². The fraction of sp³-hybridized carbons (Fsp3) is 0.400. The fourth-order valence-corrected chi connectivity index (χ4v) is 5.02. The summed E-state index contributed by atoms with van der Waals surface area (Å²) in [5.41, 5.74) is 13.4. The highest BCUT2D eigenvalue weighted by Crippen LogP contribution is 2.40. The highest BCUT2D eigenvalue weighted by Gasteiger charge is 2.33. The molecule has 0 radical (unpaired) electrons. The van der Waals surface area contributed by atoms with Crippen molar-refractivity contribution in [2.24, 2.45) is 11.5 Å². The maximum Gasteiger partial charge on any atom is 0.314 e. The van der Waals surface area contributed by atoms with Crippen molar-refractivity contribution in [3.63, 3.8) is 0 Å². The third kappa shape index (κ3) is 9.30. The molecule has 5 amide bonds. The molecule has 8 N–H and O–H groups in total. The molecular weight excluding hydrogens is 620 g/mol. The number of halogens is 1. The summed E-state index contributed by atoms with van der Waals surface area (Å²) in [6.45, 7) is 1.36. The molecule has 0 saturated heterocycles. The number of benzene rings is 2. The first-order valence-corrected chi connectivity index (χ1v) is 14.8. The van der Waals surface area contributed by atoms with Gasteiger partial charge in [0.1, 0.15) is 49.4 Å². The Balaban J connectivity index is 2.26. The van der Waals surface area contributed by atoms with E-state index >= 15 is 0 Å². The van der Waals surface area contributed by atoms with Crippen LogP contribution in [0.5, 0.6) is 11.5 Å². The molecule has 4 bridgehead atoms. The van der Waals surface area contributed by atoms with E-state index in [-0.39, 0.29) is 39.3 Å². The van der Waals surface area contributed by atoms with Gasteiger partial charge >= 0.3 is 5.37 Å². The number of nitriles is 1. The lowest BCUT2D eigenvalue weighted by atomic mass is 9.93. The first-order chi connectivity index (χ1) is 22.0. The summed E-state index contributed by atoms with van der Waals surface area (Å²) in [6, 6.07) is 8.38. The zero-order valence-electron chi connectivity index (χ0n) is 25.4. The van der Waals surface area contributed by atoms with E-state index in [1.54, 1.807) is 36.4 Å². The summed E-state index contributed by atoms with van der Waals surface area (Å²) in [4.78, 5) is 65.6. The van der Waals surface area contributed by atoms with Gasteiger partial charge in [-0.1, -0.05) is 12.1 Å². The van der Waals surface area contributed by atoms with Crippen molar-refractivity contribution in [1.82, 2.24) is 26.2 Å². The van der Waals surface area contributed by atoms with E-state index in [1.165, 1.54) is 14.0 Å². The Kier molecular flexibility index (Phi) is 13.1. The molecule has 0 aliphatic carbocycles. The van der Waals surface area contributed by atoms with Gasteiger partial charge in [-0.15, -0.1) is 0 Å². The third-order valence-corrected chi connectivity index (χ3v) is 7.05. The van der Waals surface area contributed by atoms with Crippen molar-refractivity contribution in [3.8, 4) is 28.7 Å². The largest absolute Gasteiger partial charge is 0.492 e. The van der Waals surface area contributed by atoms with Crippen LogP contribution >= 0.6 is 11.6 Å². The number of ether oxygens (including phenoxy) is 2. The first-order valence-electron chi connectivity index (χ1n) is 14.4. The molecule has 0 unspecified atom stereocenters. The third-order valence-electron chi connectivity index (χ3n) is 6.94. The van der Waals surface area contributed by atoms with Crippen LogP contribution in [0.25, 0.3) is 11.1 Å². The Labute approximate surface area is 270 Å². The Morgan fingerprint density at radius 3 is 2.33 bits per heavy atom. The Morgan fingerprint density at radius 2 is 1.72 bits per heavy atom. The van der Waals surface area contributed by atoms with Gasteiger partial charge in [0.25, 0.3) is 0 Å². The average Bonchev–Trinajstić information content (AvgIpc) is 3.03. The molecule has 3 rings (SSSR count). The van der Waals surface area contributed by atoms with Gasteiger partial charge in [-0.3, -0.25) is 24.0 Å². The topological polar surface area (TPSA) is 231 Å². The van der Waals surface area contributed by atoms with E-state index in [4.69, 9.17) is 37.8 Å². The number of amides is 5. The van der Waals surface area contributed by atoms with Crippen molar-refractivity contribution in [3.05, 3.63) is 47.5 Å². The van der Waals surface area contributed by atoms with E-state index in [1.807, 2.05) is 6.07 Å². The lowest BCUT2D eigenvalue weighted by molar-refractivity contribution is -0.140. The molecule has 15 nitrogen and oxygen atoms in total. The molecular formula is C30H37ClN8O7. The summed E-state index contributed by atoms with van der Waals surface area (Å²) in [5, 5.41) is 17.9. The van der Waals surface area contributed by atoms with E-state index in [0.29, 0.717) is 33.8 Å². The zero-order chi connectivity index (χ0) is 33.8. The molecule has 246 valence electrons. The number of nitrogens with one attached hydrogen (secondary N) is 4. The number of fused-ring (bicyclic) bond motifs is 5. The minimum Gasteiger partial charge on any atom is -0.492 e. The summed E-state index contributed by atoms with van der Waals surface area (Å²) >= 11 is 5.43. The van der Waals surface area contributed by atoms with Crippen LogP contribution in [0, 0.1) is 11.3 Å². The molecule has 0 saturated carbocycles. The van der Waals surface area contributed by atoms with Crippen LogP contribution in [-0.4, -0.2) is 92.4 Å². The number of nitrogens with zero attached hydrogens (tertiary/aromatic N) is 2. The highest BCUT2D eigenvalue weighted by atomic mass is 35.5. The quantitative estimate of drug-likeness (QED) is 0.105. The van der Waals surface area contributed by atoms with Crippen LogP contribution in [0.2, 0.25) is 0 Å². The summed E-state index contributed by atoms with van der Waals surface area (Å²) < 4.78 is 11.9. The molecule has 46 heavy (non-hydrogen) atoms. The predicted octanol–water partition coefficient (Wildman–Crippen LogP) is -0.338. The molecule has 16 heteroatoms. The summed E-state index contributed by atoms with van der Waals surface area (Å²) in [7, 11) is 1.37. The van der Waals surface area contributed by atoms with Crippen molar-refractivity contribution in [2.45, 2.75) is 31.5 Å². The highest BCUT2D eigenvalue weighted by molar-refractivity contribution is 6.63. The van der Waals surface area contributed by atoms with Gasteiger partial charge in [0.05, 0.1) is 12.6 Å². The SMILES string of the molecule is C[C@H](NC(=O)Cl)C(=O)N(C)[C@@H]1C(=O)NCC(=O)N[C@H](C(=O)NCC#N)Cc2ccc(OCCN)c(c2)-c2cc1ccc2OCCN. The van der Waals surface area contributed by atoms with E-state index < -0.39 is 53.7 Å². The van der Waals surface area contributed by atoms with Crippen molar-refractivity contribution >= 4 is 40.6 Å². The van der Waals surface area contributed by atoms with Gasteiger partial charge in [-0.2, -0.15) is 5.26 Å². The van der Waals surface area contributed by atoms with Gasteiger partial charge < -0.3 is 47.1 Å². The Bertz CT molecular complexity index is 1500. The molecule has 0 spiro atoms. The number of carbonyl (C=O) groups excluding carboxylic acids is 5. The lowest BCUT2D eigenvalue weighted by Gasteiger charge is -2.30. The maximum atomic E-state index is 13.7. The molecule has 1 heterocycles. The Morgan fingerprint density at radius 1 is 1.09 bits per heavy atom. The number of nitrogens with two attached hydrogens (primary N) is 2. The monoisotopic (exact) mass is 656 g/mol. The second-order valence-corrected chi connectivity index (χ2v) is 10.6. The van der Waals surface area contributed by atoms with Gasteiger partial charge in [0.15, 0.2) is 0 Å². The smallest absolute Gasteiger partial charge is 0.314 e. The van der Waals surface area contributed by atoms with Gasteiger partial charge in [-0.05, 0) is 53.9 Å². The van der Waals surface area contributed by atoms with Crippen molar-refractivity contribution in [2.75, 3.05) is 46.4 Å². The Hall–Kier alpha value is -4.91. The number of likely N-dealkylation sites (N-methyl/N-ethyl adjacent to an activating group) is 1. The zero-order valence-corrected chi connectivity index (χ0v) is 26.2. The molecule has 1 aliphatic rings. The van der Waals surface area contributed by atoms with Crippen molar-refractivity contribution < 1.29 is 33.4 Å². The standard InChI is InChI=1S/C30H37ClN8O7/c1-17(37-30(31)44)29(43)39(2)26-19-4-6-24(46-12-9-34)21(15-19)20-13-18(3-5-23(20)45-11-8-33)14-22(27(41)35-10-7-32)38-25(40)16-36-28(26)42/h3-6,13,15,17,22,26H,8-12,14,16,33-34H2,1-2H3,(H,35,41)(H,36,42)(H,37,44)(H,38,40)/t17-,22-,26-/m0/s1. The van der Waals surface area contributed by atoms with Gasteiger partial charge in [-0.25, -0.2) is 0 Å². The van der Waals surface area contributed by atoms with E-state index in [9.17, 15) is 24.0 Å². The predicted molar refractivity (Wildman–Crippen MR) is 168 cm³/mol. The number of hydrogen-bond donors (Lipinski definition) is 6. The minimum atomic E-state index is -1.30. The van der Waals surface area contributed by atoms with Gasteiger partial charge in [0, 0.05) is 37.7 Å². The van der Waals surface area contributed by atoms with Crippen LogP contribution in [0.1, 0.15) is 24.1 Å².